The minimum absolute atomic E-state index is 0.122. The molecule has 0 aliphatic carbocycles. The minimum atomic E-state index is -0.122. The van der Waals surface area contributed by atoms with E-state index in [0.717, 1.165) is 54.5 Å². The zero-order valence-corrected chi connectivity index (χ0v) is 15.0. The van der Waals surface area contributed by atoms with Crippen molar-refractivity contribution in [2.75, 3.05) is 39.3 Å². The molecule has 0 spiro atoms. The summed E-state index contributed by atoms with van der Waals surface area (Å²) in [5.41, 5.74) is 2.41. The van der Waals surface area contributed by atoms with Crippen molar-refractivity contribution in [1.29, 1.82) is 0 Å². The fraction of sp³-hybridized carbons (Fsp3) is 0.400. The van der Waals surface area contributed by atoms with Crippen LogP contribution in [-0.4, -0.2) is 54.2 Å². The first-order chi connectivity index (χ1) is 12.3. The van der Waals surface area contributed by atoms with Crippen LogP contribution in [0.4, 0.5) is 4.39 Å². The molecule has 4 rings (SSSR count). The summed E-state index contributed by atoms with van der Waals surface area (Å²) in [4.78, 5) is 6.71. The van der Waals surface area contributed by atoms with Gasteiger partial charge in [-0.1, -0.05) is 42.1 Å². The zero-order chi connectivity index (χ0) is 17.2. The summed E-state index contributed by atoms with van der Waals surface area (Å²) in [6, 6.07) is 14.1. The largest absolute Gasteiger partial charge is 0.395 e. The van der Waals surface area contributed by atoms with E-state index in [2.05, 4.69) is 34.1 Å². The third-order valence-corrected chi connectivity index (χ3v) is 6.47. The summed E-state index contributed by atoms with van der Waals surface area (Å²) >= 11 is 1.56. The van der Waals surface area contributed by atoms with Crippen molar-refractivity contribution in [1.82, 2.24) is 9.80 Å². The molecule has 2 aromatic carbocycles. The van der Waals surface area contributed by atoms with Crippen LogP contribution in [0.3, 0.4) is 0 Å². The number of fused-ring (bicyclic) bond motifs is 2. The van der Waals surface area contributed by atoms with E-state index in [1.807, 2.05) is 12.1 Å². The van der Waals surface area contributed by atoms with E-state index in [4.69, 9.17) is 5.11 Å². The Morgan fingerprint density at radius 2 is 1.84 bits per heavy atom. The summed E-state index contributed by atoms with van der Waals surface area (Å²) in [6.45, 7) is 4.76. The lowest BCUT2D eigenvalue weighted by Gasteiger charge is -2.39. The number of benzene rings is 2. The number of β-amino-alcohol motifs (C(OH)–C–C–N with tert-alkyl or cyclic N) is 1. The maximum Gasteiger partial charge on any atom is 0.137 e. The maximum atomic E-state index is 14.6. The SMILES string of the molecule is OCCN1CCN([C@@H]2Cc3ccccc3Sc3c(F)cccc32)CC1. The lowest BCUT2D eigenvalue weighted by Crippen LogP contribution is -2.48. The number of halogens is 1. The highest BCUT2D eigenvalue weighted by molar-refractivity contribution is 7.99. The average molecular weight is 358 g/mol. The van der Waals surface area contributed by atoms with Crippen molar-refractivity contribution in [2.24, 2.45) is 0 Å². The Hall–Kier alpha value is -1.40. The molecule has 0 saturated carbocycles. The third-order valence-electron chi connectivity index (χ3n) is 5.22. The Morgan fingerprint density at radius 3 is 2.64 bits per heavy atom. The van der Waals surface area contributed by atoms with Gasteiger partial charge in [0.25, 0.3) is 0 Å². The van der Waals surface area contributed by atoms with E-state index >= 15 is 0 Å². The first-order valence-corrected chi connectivity index (χ1v) is 9.69. The van der Waals surface area contributed by atoms with E-state index in [0.29, 0.717) is 0 Å². The summed E-state index contributed by atoms with van der Waals surface area (Å²) in [7, 11) is 0. The summed E-state index contributed by atoms with van der Waals surface area (Å²) < 4.78 is 14.6. The highest BCUT2D eigenvalue weighted by Gasteiger charge is 2.30. The normalized spacial score (nSPS) is 21.4. The number of rotatable bonds is 3. The maximum absolute atomic E-state index is 14.6. The molecule has 2 aliphatic heterocycles. The highest BCUT2D eigenvalue weighted by Crippen LogP contribution is 2.44. The fourth-order valence-corrected chi connectivity index (χ4v) is 5.00. The molecule has 5 heteroatoms. The second-order valence-electron chi connectivity index (χ2n) is 6.69. The van der Waals surface area contributed by atoms with Crippen LogP contribution >= 0.6 is 11.8 Å². The van der Waals surface area contributed by atoms with Gasteiger partial charge in [0.05, 0.1) is 11.5 Å². The molecule has 1 atom stereocenters. The Balaban J connectivity index is 1.66. The molecule has 1 N–H and O–H groups in total. The smallest absolute Gasteiger partial charge is 0.137 e. The van der Waals surface area contributed by atoms with Gasteiger partial charge in [-0.25, -0.2) is 4.39 Å². The van der Waals surface area contributed by atoms with Crippen LogP contribution in [0.25, 0.3) is 0 Å². The molecular weight excluding hydrogens is 335 g/mol. The minimum Gasteiger partial charge on any atom is -0.395 e. The molecular formula is C20H23FN2OS. The van der Waals surface area contributed by atoms with Crippen molar-refractivity contribution < 1.29 is 9.50 Å². The molecule has 2 heterocycles. The number of hydrogen-bond acceptors (Lipinski definition) is 4. The lowest BCUT2D eigenvalue weighted by molar-refractivity contribution is 0.0821. The van der Waals surface area contributed by atoms with Crippen molar-refractivity contribution in [3.63, 3.8) is 0 Å². The van der Waals surface area contributed by atoms with Crippen LogP contribution in [0.5, 0.6) is 0 Å². The van der Waals surface area contributed by atoms with Gasteiger partial charge in [-0.15, -0.1) is 0 Å². The Kier molecular flexibility index (Phi) is 5.08. The van der Waals surface area contributed by atoms with E-state index < -0.39 is 0 Å². The molecule has 0 bridgehead atoms. The van der Waals surface area contributed by atoms with Crippen LogP contribution in [0.2, 0.25) is 0 Å². The molecule has 0 aromatic heterocycles. The molecule has 2 aromatic rings. The second-order valence-corrected chi connectivity index (χ2v) is 7.74. The monoisotopic (exact) mass is 358 g/mol. The summed E-state index contributed by atoms with van der Waals surface area (Å²) in [5, 5.41) is 9.14. The Morgan fingerprint density at radius 1 is 1.04 bits per heavy atom. The molecule has 132 valence electrons. The molecule has 0 radical (unpaired) electrons. The Bertz CT molecular complexity index is 746. The van der Waals surface area contributed by atoms with Gasteiger partial charge >= 0.3 is 0 Å². The van der Waals surface area contributed by atoms with Crippen molar-refractivity contribution in [2.45, 2.75) is 22.3 Å². The van der Waals surface area contributed by atoms with Crippen LogP contribution in [0.1, 0.15) is 17.2 Å². The number of nitrogens with zero attached hydrogens (tertiary/aromatic N) is 2. The van der Waals surface area contributed by atoms with Crippen LogP contribution < -0.4 is 0 Å². The molecule has 0 unspecified atom stereocenters. The molecule has 1 saturated heterocycles. The first kappa shape index (κ1) is 17.0. The van der Waals surface area contributed by atoms with E-state index in [-0.39, 0.29) is 18.5 Å². The van der Waals surface area contributed by atoms with Gasteiger partial charge in [0.2, 0.25) is 0 Å². The quantitative estimate of drug-likeness (QED) is 0.912. The summed E-state index contributed by atoms with van der Waals surface area (Å²) in [5.74, 6) is -0.122. The predicted molar refractivity (Wildman–Crippen MR) is 98.5 cm³/mol. The topological polar surface area (TPSA) is 26.7 Å². The van der Waals surface area contributed by atoms with Gasteiger partial charge in [0.15, 0.2) is 0 Å². The van der Waals surface area contributed by atoms with E-state index in [1.54, 1.807) is 17.8 Å². The van der Waals surface area contributed by atoms with Gasteiger partial charge in [0.1, 0.15) is 5.82 Å². The van der Waals surface area contributed by atoms with E-state index in [1.165, 1.54) is 5.56 Å². The van der Waals surface area contributed by atoms with Gasteiger partial charge < -0.3 is 5.11 Å². The molecule has 3 nitrogen and oxygen atoms in total. The molecule has 1 fully saturated rings. The second kappa shape index (κ2) is 7.46. The number of aliphatic hydroxyl groups excluding tert-OH is 1. The fourth-order valence-electron chi connectivity index (χ4n) is 3.86. The summed E-state index contributed by atoms with van der Waals surface area (Å²) in [6.07, 6.45) is 0.916. The van der Waals surface area contributed by atoms with Crippen molar-refractivity contribution >= 4 is 11.8 Å². The zero-order valence-electron chi connectivity index (χ0n) is 14.2. The van der Waals surface area contributed by atoms with Gasteiger partial charge in [-0.3, -0.25) is 9.80 Å². The lowest BCUT2D eigenvalue weighted by atomic mass is 9.96. The third kappa shape index (κ3) is 3.47. The molecule has 2 aliphatic rings. The van der Waals surface area contributed by atoms with Crippen LogP contribution in [-0.2, 0) is 6.42 Å². The standard InChI is InChI=1S/C20H23FN2OS/c21-17-6-3-5-16-18(23-10-8-22(9-11-23)12-13-24)14-15-4-1-2-7-19(15)25-20(16)17/h1-7,18,24H,8-14H2/t18-/m1/s1. The van der Waals surface area contributed by atoms with Gasteiger partial charge in [-0.2, -0.15) is 0 Å². The van der Waals surface area contributed by atoms with Crippen LogP contribution in [0.15, 0.2) is 52.3 Å². The van der Waals surface area contributed by atoms with Crippen LogP contribution in [0, 0.1) is 5.82 Å². The number of aliphatic hydroxyl groups is 1. The predicted octanol–water partition coefficient (Wildman–Crippen LogP) is 3.18. The van der Waals surface area contributed by atoms with E-state index in [9.17, 15) is 4.39 Å². The average Bonchev–Trinajstić information content (AvgIpc) is 2.81. The first-order valence-electron chi connectivity index (χ1n) is 8.87. The molecule has 0 amide bonds. The van der Waals surface area contributed by atoms with Gasteiger partial charge in [0, 0.05) is 43.7 Å². The van der Waals surface area contributed by atoms with Crippen molar-refractivity contribution in [3.05, 3.63) is 59.4 Å². The number of hydrogen-bond donors (Lipinski definition) is 1. The Labute approximate surface area is 152 Å². The molecule has 25 heavy (non-hydrogen) atoms. The van der Waals surface area contributed by atoms with Crippen molar-refractivity contribution in [3.8, 4) is 0 Å². The van der Waals surface area contributed by atoms with Gasteiger partial charge in [-0.05, 0) is 29.7 Å². The number of piperazine rings is 1. The highest BCUT2D eigenvalue weighted by atomic mass is 32.2.